The molecule has 0 aromatic carbocycles. The Morgan fingerprint density at radius 1 is 1.35 bits per heavy atom. The number of fused-ring (bicyclic) bond motifs is 1. The third-order valence-electron chi connectivity index (χ3n) is 5.68. The van der Waals surface area contributed by atoms with Crippen LogP contribution in [0.15, 0.2) is 22.3 Å². The van der Waals surface area contributed by atoms with Gasteiger partial charge in [-0.3, -0.25) is 4.90 Å². The molecule has 0 saturated carbocycles. The highest BCUT2D eigenvalue weighted by atomic mass is 16.5. The zero-order chi connectivity index (χ0) is 15.7. The van der Waals surface area contributed by atoms with Crippen molar-refractivity contribution in [2.45, 2.75) is 45.2 Å². The SMILES string of the molecule is Cc1nc(CN2CCC[C@@]3(C4=CCOCC4)COCC[C@H]23)co1. The molecule has 23 heavy (non-hydrogen) atoms. The summed E-state index contributed by atoms with van der Waals surface area (Å²) in [6.45, 7) is 7.26. The maximum Gasteiger partial charge on any atom is 0.191 e. The van der Waals surface area contributed by atoms with Gasteiger partial charge in [0.2, 0.25) is 0 Å². The largest absolute Gasteiger partial charge is 0.449 e. The summed E-state index contributed by atoms with van der Waals surface area (Å²) in [5, 5.41) is 0. The molecule has 1 aromatic rings. The molecule has 0 unspecified atom stereocenters. The van der Waals surface area contributed by atoms with E-state index >= 15 is 0 Å². The van der Waals surface area contributed by atoms with E-state index in [2.05, 4.69) is 16.0 Å². The van der Waals surface area contributed by atoms with Crippen molar-refractivity contribution in [3.05, 3.63) is 29.5 Å². The van der Waals surface area contributed by atoms with Gasteiger partial charge in [-0.1, -0.05) is 11.6 Å². The third kappa shape index (κ3) is 2.86. The number of aryl methyl sites for hydroxylation is 1. The Morgan fingerprint density at radius 2 is 2.30 bits per heavy atom. The molecule has 126 valence electrons. The molecule has 4 heterocycles. The Kier molecular flexibility index (Phi) is 4.26. The molecule has 5 nitrogen and oxygen atoms in total. The van der Waals surface area contributed by atoms with Crippen LogP contribution in [-0.4, -0.2) is 48.9 Å². The van der Waals surface area contributed by atoms with Crippen molar-refractivity contribution in [3.63, 3.8) is 0 Å². The summed E-state index contributed by atoms with van der Waals surface area (Å²) in [7, 11) is 0. The predicted molar refractivity (Wildman–Crippen MR) is 86.1 cm³/mol. The Labute approximate surface area is 137 Å². The van der Waals surface area contributed by atoms with Crippen molar-refractivity contribution in [2.24, 2.45) is 5.41 Å². The first-order valence-corrected chi connectivity index (χ1v) is 8.78. The zero-order valence-electron chi connectivity index (χ0n) is 13.9. The second-order valence-corrected chi connectivity index (χ2v) is 7.00. The second kappa shape index (κ2) is 6.38. The first-order valence-electron chi connectivity index (χ1n) is 8.78. The normalized spacial score (nSPS) is 32.4. The summed E-state index contributed by atoms with van der Waals surface area (Å²) in [5.74, 6) is 0.752. The Hall–Kier alpha value is -1.17. The van der Waals surface area contributed by atoms with Crippen LogP contribution in [0.2, 0.25) is 0 Å². The van der Waals surface area contributed by atoms with Crippen LogP contribution in [0.5, 0.6) is 0 Å². The van der Waals surface area contributed by atoms with Gasteiger partial charge in [-0.2, -0.15) is 0 Å². The highest BCUT2D eigenvalue weighted by Gasteiger charge is 2.49. The minimum Gasteiger partial charge on any atom is -0.449 e. The van der Waals surface area contributed by atoms with Gasteiger partial charge in [-0.15, -0.1) is 0 Å². The van der Waals surface area contributed by atoms with Gasteiger partial charge in [-0.25, -0.2) is 4.98 Å². The van der Waals surface area contributed by atoms with Crippen LogP contribution in [0.1, 0.15) is 37.3 Å². The third-order valence-corrected chi connectivity index (χ3v) is 5.68. The van der Waals surface area contributed by atoms with Crippen LogP contribution in [0.3, 0.4) is 0 Å². The molecule has 4 rings (SSSR count). The van der Waals surface area contributed by atoms with Crippen molar-refractivity contribution in [1.29, 1.82) is 0 Å². The summed E-state index contributed by atoms with van der Waals surface area (Å²) in [6, 6.07) is 0.548. The van der Waals surface area contributed by atoms with Crippen molar-refractivity contribution >= 4 is 0 Å². The molecule has 0 bridgehead atoms. The van der Waals surface area contributed by atoms with Gasteiger partial charge in [0.1, 0.15) is 6.26 Å². The maximum absolute atomic E-state index is 5.96. The van der Waals surface area contributed by atoms with Crippen molar-refractivity contribution < 1.29 is 13.9 Å². The van der Waals surface area contributed by atoms with E-state index in [-0.39, 0.29) is 5.41 Å². The van der Waals surface area contributed by atoms with Crippen LogP contribution in [0.25, 0.3) is 0 Å². The fraction of sp³-hybridized carbons (Fsp3) is 0.722. The first-order chi connectivity index (χ1) is 11.3. The molecule has 2 atom stereocenters. The van der Waals surface area contributed by atoms with Gasteiger partial charge in [0.25, 0.3) is 0 Å². The predicted octanol–water partition coefficient (Wildman–Crippen LogP) is 2.70. The summed E-state index contributed by atoms with van der Waals surface area (Å²) in [5.41, 5.74) is 2.79. The lowest BCUT2D eigenvalue weighted by Crippen LogP contribution is -2.58. The minimum absolute atomic E-state index is 0.180. The van der Waals surface area contributed by atoms with Crippen molar-refractivity contribution in [2.75, 3.05) is 33.0 Å². The monoisotopic (exact) mass is 318 g/mol. The van der Waals surface area contributed by atoms with Gasteiger partial charge in [0.05, 0.1) is 25.5 Å². The van der Waals surface area contributed by atoms with E-state index in [0.717, 1.165) is 63.9 Å². The lowest BCUT2D eigenvalue weighted by Gasteiger charge is -2.54. The van der Waals surface area contributed by atoms with E-state index in [1.807, 2.05) is 6.92 Å². The second-order valence-electron chi connectivity index (χ2n) is 7.00. The number of nitrogens with zero attached hydrogens (tertiary/aromatic N) is 2. The van der Waals surface area contributed by atoms with Crippen LogP contribution in [0, 0.1) is 12.3 Å². The van der Waals surface area contributed by atoms with Crippen LogP contribution in [0.4, 0.5) is 0 Å². The topological polar surface area (TPSA) is 47.7 Å². The number of aromatic nitrogens is 1. The van der Waals surface area contributed by atoms with E-state index < -0.39 is 0 Å². The molecule has 2 fully saturated rings. The maximum atomic E-state index is 5.96. The number of ether oxygens (including phenoxy) is 2. The summed E-state index contributed by atoms with van der Waals surface area (Å²) < 4.78 is 16.9. The highest BCUT2D eigenvalue weighted by molar-refractivity contribution is 5.23. The quantitative estimate of drug-likeness (QED) is 0.802. The lowest BCUT2D eigenvalue weighted by atomic mass is 9.65. The van der Waals surface area contributed by atoms with Crippen molar-refractivity contribution in [1.82, 2.24) is 9.88 Å². The smallest absolute Gasteiger partial charge is 0.191 e. The van der Waals surface area contributed by atoms with Gasteiger partial charge in [-0.05, 0) is 32.2 Å². The summed E-state index contributed by atoms with van der Waals surface area (Å²) in [4.78, 5) is 7.11. The highest BCUT2D eigenvalue weighted by Crippen LogP contribution is 2.48. The number of hydrogen-bond donors (Lipinski definition) is 0. The van der Waals surface area contributed by atoms with Crippen LogP contribution >= 0.6 is 0 Å². The zero-order valence-corrected chi connectivity index (χ0v) is 13.9. The van der Waals surface area contributed by atoms with E-state index in [0.29, 0.717) is 6.04 Å². The molecule has 3 aliphatic rings. The molecule has 0 amide bonds. The lowest BCUT2D eigenvalue weighted by molar-refractivity contribution is -0.0877. The molecular weight excluding hydrogens is 292 g/mol. The Bertz CT molecular complexity index is 579. The first kappa shape index (κ1) is 15.4. The minimum atomic E-state index is 0.180. The molecule has 0 spiro atoms. The summed E-state index contributed by atoms with van der Waals surface area (Å²) in [6.07, 6.45) is 8.73. The van der Waals surface area contributed by atoms with Crippen LogP contribution < -0.4 is 0 Å². The molecule has 2 saturated heterocycles. The van der Waals surface area contributed by atoms with E-state index in [1.165, 1.54) is 12.8 Å². The molecule has 0 N–H and O–H groups in total. The van der Waals surface area contributed by atoms with E-state index in [4.69, 9.17) is 13.9 Å². The van der Waals surface area contributed by atoms with Gasteiger partial charge in [0, 0.05) is 31.5 Å². The molecule has 0 aliphatic carbocycles. The number of likely N-dealkylation sites (tertiary alicyclic amines) is 1. The van der Waals surface area contributed by atoms with E-state index in [1.54, 1.807) is 11.8 Å². The van der Waals surface area contributed by atoms with Gasteiger partial charge in [0.15, 0.2) is 5.89 Å². The van der Waals surface area contributed by atoms with Gasteiger partial charge >= 0.3 is 0 Å². The number of rotatable bonds is 3. The van der Waals surface area contributed by atoms with Crippen LogP contribution in [-0.2, 0) is 16.0 Å². The standard InChI is InChI=1S/C18H26N2O3/c1-14-19-16(12-23-14)11-20-7-2-6-18(13-22-10-5-17(18)20)15-3-8-21-9-4-15/h3,12,17H,2,4-11,13H2,1H3/t17-,18-/m0/s1. The number of hydrogen-bond acceptors (Lipinski definition) is 5. The molecule has 3 aliphatic heterocycles. The molecule has 0 radical (unpaired) electrons. The van der Waals surface area contributed by atoms with Crippen molar-refractivity contribution in [3.8, 4) is 0 Å². The fourth-order valence-electron chi connectivity index (χ4n) is 4.67. The number of piperidine rings is 1. The summed E-state index contributed by atoms with van der Waals surface area (Å²) >= 11 is 0. The number of oxazole rings is 1. The fourth-order valence-corrected chi connectivity index (χ4v) is 4.67. The van der Waals surface area contributed by atoms with Gasteiger partial charge < -0.3 is 13.9 Å². The Balaban J connectivity index is 1.60. The molecule has 1 aromatic heterocycles. The average molecular weight is 318 g/mol. The Morgan fingerprint density at radius 3 is 3.09 bits per heavy atom. The molecule has 5 heteroatoms. The average Bonchev–Trinajstić information content (AvgIpc) is 3.01. The molecular formula is C18H26N2O3. The van der Waals surface area contributed by atoms with E-state index in [9.17, 15) is 0 Å².